The number of carbonyl (C=O) groups is 1. The number of amides is 1. The molecule has 3 aromatic rings. The molecule has 0 aliphatic heterocycles. The molecule has 8 heteroatoms. The number of hydrogen-bond acceptors (Lipinski definition) is 5. The van der Waals surface area contributed by atoms with Crippen molar-refractivity contribution in [2.45, 2.75) is 19.8 Å². The summed E-state index contributed by atoms with van der Waals surface area (Å²) in [5, 5.41) is 7.11. The van der Waals surface area contributed by atoms with Crippen molar-refractivity contribution in [1.29, 1.82) is 0 Å². The van der Waals surface area contributed by atoms with Gasteiger partial charge in [0.2, 0.25) is 0 Å². The molecule has 0 unspecified atom stereocenters. The molecule has 1 N–H and O–H groups in total. The number of anilines is 1. The van der Waals surface area contributed by atoms with E-state index in [4.69, 9.17) is 11.6 Å². The molecule has 7 nitrogen and oxygen atoms in total. The summed E-state index contributed by atoms with van der Waals surface area (Å²) in [4.78, 5) is 25.2. The first kappa shape index (κ1) is 16.1. The summed E-state index contributed by atoms with van der Waals surface area (Å²) in [6, 6.07) is 5.24. The van der Waals surface area contributed by atoms with Gasteiger partial charge in [0.15, 0.2) is 11.5 Å². The predicted molar refractivity (Wildman–Crippen MR) is 90.4 cm³/mol. The lowest BCUT2D eigenvalue weighted by molar-refractivity contribution is 0.102. The standard InChI is InChI=1S/C16H15ClN6O/c1-10(2)14-19-9-11(17)13(22-14)16(24)21-12-5-3-6-18-15(12)23-8-4-7-20-23/h3-10H,1-2H3,(H,21,24). The third kappa shape index (κ3) is 3.26. The summed E-state index contributed by atoms with van der Waals surface area (Å²) in [5.74, 6) is 0.727. The van der Waals surface area contributed by atoms with Crippen LogP contribution in [0.2, 0.25) is 5.02 Å². The maximum atomic E-state index is 12.6. The Morgan fingerprint density at radius 1 is 1.25 bits per heavy atom. The summed E-state index contributed by atoms with van der Waals surface area (Å²) in [5.41, 5.74) is 0.637. The largest absolute Gasteiger partial charge is 0.317 e. The van der Waals surface area contributed by atoms with E-state index in [-0.39, 0.29) is 16.6 Å². The molecule has 0 bridgehead atoms. The van der Waals surface area contributed by atoms with Gasteiger partial charge < -0.3 is 5.32 Å². The topological polar surface area (TPSA) is 85.6 Å². The van der Waals surface area contributed by atoms with Gasteiger partial charge in [-0.2, -0.15) is 5.10 Å². The van der Waals surface area contributed by atoms with Gasteiger partial charge in [-0.3, -0.25) is 4.79 Å². The zero-order valence-electron chi connectivity index (χ0n) is 13.1. The van der Waals surface area contributed by atoms with Crippen molar-refractivity contribution in [1.82, 2.24) is 24.7 Å². The van der Waals surface area contributed by atoms with Crippen LogP contribution in [0.15, 0.2) is 43.0 Å². The SMILES string of the molecule is CC(C)c1ncc(Cl)c(C(=O)Nc2cccnc2-n2cccn2)n1. The number of rotatable bonds is 4. The summed E-state index contributed by atoms with van der Waals surface area (Å²) in [7, 11) is 0. The van der Waals surface area contributed by atoms with Gasteiger partial charge in [-0.25, -0.2) is 19.6 Å². The summed E-state index contributed by atoms with van der Waals surface area (Å²) in [6.45, 7) is 3.89. The number of hydrogen-bond donors (Lipinski definition) is 1. The molecule has 3 aromatic heterocycles. The van der Waals surface area contributed by atoms with E-state index in [1.807, 2.05) is 13.8 Å². The van der Waals surface area contributed by atoms with Crippen LogP contribution in [0.5, 0.6) is 0 Å². The molecule has 122 valence electrons. The highest BCUT2D eigenvalue weighted by Gasteiger charge is 2.17. The van der Waals surface area contributed by atoms with Crippen molar-refractivity contribution in [3.8, 4) is 5.82 Å². The van der Waals surface area contributed by atoms with Crippen LogP contribution in [0.25, 0.3) is 5.82 Å². The van der Waals surface area contributed by atoms with Crippen LogP contribution in [0, 0.1) is 0 Å². The second-order valence-electron chi connectivity index (χ2n) is 5.36. The fourth-order valence-corrected chi connectivity index (χ4v) is 2.25. The van der Waals surface area contributed by atoms with Gasteiger partial charge in [0, 0.05) is 24.5 Å². The summed E-state index contributed by atoms with van der Waals surface area (Å²) in [6.07, 6.45) is 6.45. The minimum atomic E-state index is -0.425. The molecule has 0 fully saturated rings. The Bertz CT molecular complexity index is 863. The van der Waals surface area contributed by atoms with Gasteiger partial charge in [-0.1, -0.05) is 25.4 Å². The molecule has 0 radical (unpaired) electrons. The first-order valence-corrected chi connectivity index (χ1v) is 7.73. The zero-order chi connectivity index (χ0) is 17.1. The molecule has 0 atom stereocenters. The summed E-state index contributed by atoms with van der Waals surface area (Å²) < 4.78 is 1.57. The Hall–Kier alpha value is -2.80. The van der Waals surface area contributed by atoms with Crippen molar-refractivity contribution in [2.24, 2.45) is 0 Å². The van der Waals surface area contributed by atoms with Crippen LogP contribution in [-0.4, -0.2) is 30.6 Å². The lowest BCUT2D eigenvalue weighted by atomic mass is 10.2. The van der Waals surface area contributed by atoms with Crippen LogP contribution in [0.4, 0.5) is 5.69 Å². The quantitative estimate of drug-likeness (QED) is 0.787. The van der Waals surface area contributed by atoms with Gasteiger partial charge in [0.05, 0.1) is 16.9 Å². The Balaban J connectivity index is 1.93. The first-order chi connectivity index (χ1) is 11.6. The zero-order valence-corrected chi connectivity index (χ0v) is 13.9. The number of aromatic nitrogens is 5. The Morgan fingerprint density at radius 3 is 2.79 bits per heavy atom. The third-order valence-corrected chi connectivity index (χ3v) is 3.53. The van der Waals surface area contributed by atoms with E-state index in [0.29, 0.717) is 17.3 Å². The molecule has 24 heavy (non-hydrogen) atoms. The smallest absolute Gasteiger partial charge is 0.276 e. The maximum absolute atomic E-state index is 12.6. The molecule has 0 saturated carbocycles. The fraction of sp³-hybridized carbons (Fsp3) is 0.188. The van der Waals surface area contributed by atoms with E-state index >= 15 is 0 Å². The monoisotopic (exact) mass is 342 g/mol. The van der Waals surface area contributed by atoms with E-state index in [9.17, 15) is 4.79 Å². The van der Waals surface area contributed by atoms with Gasteiger partial charge in [-0.05, 0) is 18.2 Å². The highest BCUT2D eigenvalue weighted by molar-refractivity contribution is 6.33. The molecule has 0 aliphatic carbocycles. The maximum Gasteiger partial charge on any atom is 0.276 e. The van der Waals surface area contributed by atoms with Crippen molar-refractivity contribution in [2.75, 3.05) is 5.32 Å². The fourth-order valence-electron chi connectivity index (χ4n) is 2.07. The summed E-state index contributed by atoms with van der Waals surface area (Å²) >= 11 is 6.08. The van der Waals surface area contributed by atoms with Gasteiger partial charge in [0.25, 0.3) is 5.91 Å². The van der Waals surface area contributed by atoms with E-state index in [1.165, 1.54) is 6.20 Å². The number of nitrogens with zero attached hydrogens (tertiary/aromatic N) is 5. The molecule has 0 saturated heterocycles. The Labute approximate surface area is 143 Å². The molecule has 0 spiro atoms. The highest BCUT2D eigenvalue weighted by atomic mass is 35.5. The van der Waals surface area contributed by atoms with Crippen molar-refractivity contribution in [3.63, 3.8) is 0 Å². The molecule has 1 amide bonds. The van der Waals surface area contributed by atoms with Crippen LogP contribution >= 0.6 is 11.6 Å². The highest BCUT2D eigenvalue weighted by Crippen LogP contribution is 2.20. The third-order valence-electron chi connectivity index (χ3n) is 3.25. The van der Waals surface area contributed by atoms with E-state index in [0.717, 1.165) is 0 Å². The average molecular weight is 343 g/mol. The van der Waals surface area contributed by atoms with Gasteiger partial charge >= 0.3 is 0 Å². The van der Waals surface area contributed by atoms with Crippen LogP contribution in [-0.2, 0) is 0 Å². The Morgan fingerprint density at radius 2 is 2.08 bits per heavy atom. The minimum Gasteiger partial charge on any atom is -0.317 e. The van der Waals surface area contributed by atoms with Gasteiger partial charge in [-0.15, -0.1) is 0 Å². The molecule has 3 rings (SSSR count). The molecule has 0 aliphatic rings. The second kappa shape index (κ2) is 6.76. The van der Waals surface area contributed by atoms with E-state index < -0.39 is 5.91 Å². The van der Waals surface area contributed by atoms with Crippen LogP contribution in [0.1, 0.15) is 36.1 Å². The number of halogens is 1. The van der Waals surface area contributed by atoms with Crippen molar-refractivity contribution < 1.29 is 4.79 Å². The van der Waals surface area contributed by atoms with E-state index in [2.05, 4.69) is 25.4 Å². The second-order valence-corrected chi connectivity index (χ2v) is 5.77. The molecular formula is C16H15ClN6O. The van der Waals surface area contributed by atoms with Crippen molar-refractivity contribution >= 4 is 23.2 Å². The van der Waals surface area contributed by atoms with Gasteiger partial charge in [0.1, 0.15) is 5.82 Å². The van der Waals surface area contributed by atoms with Crippen molar-refractivity contribution in [3.05, 3.63) is 59.5 Å². The predicted octanol–water partition coefficient (Wildman–Crippen LogP) is 3.09. The molecule has 0 aromatic carbocycles. The number of nitrogens with one attached hydrogen (secondary N) is 1. The van der Waals surface area contributed by atoms with Crippen LogP contribution < -0.4 is 5.32 Å². The first-order valence-electron chi connectivity index (χ1n) is 7.35. The normalized spacial score (nSPS) is 10.8. The molecule has 3 heterocycles. The minimum absolute atomic E-state index is 0.0897. The number of carbonyl (C=O) groups excluding carboxylic acids is 1. The van der Waals surface area contributed by atoms with E-state index in [1.54, 1.807) is 41.5 Å². The average Bonchev–Trinajstić information content (AvgIpc) is 3.09. The molecular weight excluding hydrogens is 328 g/mol. The number of pyridine rings is 1. The Kier molecular flexibility index (Phi) is 4.52. The van der Waals surface area contributed by atoms with Crippen LogP contribution in [0.3, 0.4) is 0 Å². The lowest BCUT2D eigenvalue weighted by Gasteiger charge is -2.11. The lowest BCUT2D eigenvalue weighted by Crippen LogP contribution is -2.18.